The Morgan fingerprint density at radius 1 is 1.06 bits per heavy atom. The van der Waals surface area contributed by atoms with E-state index in [1.54, 1.807) is 30.3 Å². The van der Waals surface area contributed by atoms with Crippen LogP contribution in [0.2, 0.25) is 0 Å². The Kier molecular flexibility index (Phi) is 7.92. The van der Waals surface area contributed by atoms with Crippen LogP contribution in [0.25, 0.3) is 0 Å². The minimum atomic E-state index is -0.364. The van der Waals surface area contributed by atoms with E-state index in [0.717, 1.165) is 29.8 Å². The van der Waals surface area contributed by atoms with Crippen LogP contribution in [0.1, 0.15) is 50.8 Å². The maximum absolute atomic E-state index is 13.1. The number of ketones is 1. The monoisotopic (exact) mass is 467 g/mol. The van der Waals surface area contributed by atoms with Crippen molar-refractivity contribution in [2.45, 2.75) is 32.4 Å². The van der Waals surface area contributed by atoms with E-state index in [0.29, 0.717) is 42.8 Å². The summed E-state index contributed by atoms with van der Waals surface area (Å²) in [7, 11) is 0. The summed E-state index contributed by atoms with van der Waals surface area (Å²) in [6.45, 7) is 4.21. The van der Waals surface area contributed by atoms with Gasteiger partial charge in [0, 0.05) is 25.2 Å². The van der Waals surface area contributed by atoms with Gasteiger partial charge in [-0.2, -0.15) is 5.26 Å². The number of hydrogen-bond acceptors (Lipinski definition) is 6. The van der Waals surface area contributed by atoms with E-state index >= 15 is 0 Å². The van der Waals surface area contributed by atoms with Crippen LogP contribution in [0.15, 0.2) is 72.8 Å². The van der Waals surface area contributed by atoms with Gasteiger partial charge in [-0.1, -0.05) is 48.5 Å². The smallest absolute Gasteiger partial charge is 0.338 e. The Morgan fingerprint density at radius 3 is 2.49 bits per heavy atom. The molecule has 0 fully saturated rings. The number of nitriles is 1. The number of esters is 1. The largest absolute Gasteiger partial charge is 0.462 e. The van der Waals surface area contributed by atoms with Crippen LogP contribution in [0.4, 0.5) is 5.69 Å². The maximum Gasteiger partial charge on any atom is 0.338 e. The van der Waals surface area contributed by atoms with Crippen LogP contribution in [-0.2, 0) is 17.7 Å². The molecule has 0 saturated heterocycles. The fourth-order valence-electron chi connectivity index (χ4n) is 4.36. The molecule has 3 aromatic carbocycles. The molecule has 1 heterocycles. The Labute approximate surface area is 206 Å². The van der Waals surface area contributed by atoms with Crippen LogP contribution in [0.5, 0.6) is 0 Å². The number of fused-ring (bicyclic) bond motifs is 1. The first-order valence-corrected chi connectivity index (χ1v) is 11.9. The highest BCUT2D eigenvalue weighted by Crippen LogP contribution is 2.33. The second-order valence-electron chi connectivity index (χ2n) is 8.69. The van der Waals surface area contributed by atoms with Gasteiger partial charge in [-0.05, 0) is 55.2 Å². The Hall–Kier alpha value is -3.95. The van der Waals surface area contributed by atoms with Crippen LogP contribution < -0.4 is 10.2 Å². The Bertz CT molecular complexity index is 1220. The molecule has 1 atom stereocenters. The quantitative estimate of drug-likeness (QED) is 0.268. The summed E-state index contributed by atoms with van der Waals surface area (Å²) in [6, 6.07) is 24.4. The van der Waals surface area contributed by atoms with Gasteiger partial charge in [-0.25, -0.2) is 4.79 Å². The van der Waals surface area contributed by atoms with Gasteiger partial charge in [0.05, 0.1) is 29.5 Å². The number of nitrogens with one attached hydrogen (secondary N) is 1. The molecule has 0 aromatic heterocycles. The molecular formula is C29H29N3O3. The summed E-state index contributed by atoms with van der Waals surface area (Å²) in [5.41, 5.74) is 4.64. The van der Waals surface area contributed by atoms with Crippen molar-refractivity contribution >= 4 is 17.4 Å². The van der Waals surface area contributed by atoms with E-state index < -0.39 is 0 Å². The van der Waals surface area contributed by atoms with Crippen molar-refractivity contribution in [1.82, 2.24) is 5.32 Å². The third-order valence-electron chi connectivity index (χ3n) is 6.22. The van der Waals surface area contributed by atoms with E-state index in [-0.39, 0.29) is 17.8 Å². The zero-order valence-electron chi connectivity index (χ0n) is 19.9. The maximum atomic E-state index is 13.1. The lowest BCUT2D eigenvalue weighted by molar-refractivity contribution is 0.0502. The van der Waals surface area contributed by atoms with Crippen molar-refractivity contribution in [2.75, 3.05) is 24.6 Å². The van der Waals surface area contributed by atoms with E-state index in [1.807, 2.05) is 49.4 Å². The highest BCUT2D eigenvalue weighted by Gasteiger charge is 2.26. The highest BCUT2D eigenvalue weighted by molar-refractivity contribution is 6.01. The number of hydrogen-bond donors (Lipinski definition) is 1. The molecule has 3 aromatic rings. The van der Waals surface area contributed by atoms with E-state index in [1.165, 1.54) is 0 Å². The summed E-state index contributed by atoms with van der Waals surface area (Å²) in [5.74, 6) is -0.352. The van der Waals surface area contributed by atoms with Crippen molar-refractivity contribution in [2.24, 2.45) is 0 Å². The van der Waals surface area contributed by atoms with Gasteiger partial charge in [-0.15, -0.1) is 0 Å². The molecule has 0 radical (unpaired) electrons. The Morgan fingerprint density at radius 2 is 1.77 bits per heavy atom. The fraction of sp³-hybridized carbons (Fsp3) is 0.276. The van der Waals surface area contributed by atoms with Crippen molar-refractivity contribution < 1.29 is 14.3 Å². The van der Waals surface area contributed by atoms with E-state index in [2.05, 4.69) is 16.3 Å². The van der Waals surface area contributed by atoms with Crippen molar-refractivity contribution in [3.8, 4) is 6.07 Å². The van der Waals surface area contributed by atoms with Crippen LogP contribution in [0, 0.1) is 11.3 Å². The first kappa shape index (κ1) is 24.2. The summed E-state index contributed by atoms with van der Waals surface area (Å²) in [4.78, 5) is 27.3. The molecule has 178 valence electrons. The molecule has 1 aliphatic rings. The van der Waals surface area contributed by atoms with Gasteiger partial charge in [0.1, 0.15) is 6.07 Å². The first-order valence-electron chi connectivity index (χ1n) is 11.9. The predicted molar refractivity (Wildman–Crippen MR) is 135 cm³/mol. The molecule has 0 unspecified atom stereocenters. The topological polar surface area (TPSA) is 82.4 Å². The van der Waals surface area contributed by atoms with Gasteiger partial charge in [0.2, 0.25) is 0 Å². The van der Waals surface area contributed by atoms with Crippen LogP contribution >= 0.6 is 0 Å². The first-order chi connectivity index (χ1) is 17.1. The summed E-state index contributed by atoms with van der Waals surface area (Å²) >= 11 is 0. The highest BCUT2D eigenvalue weighted by atomic mass is 16.5. The minimum absolute atomic E-state index is 0.0218. The average Bonchev–Trinajstić information content (AvgIpc) is 3.32. The zero-order chi connectivity index (χ0) is 24.6. The number of carbonyl (C=O) groups excluding carboxylic acids is 2. The van der Waals surface area contributed by atoms with Gasteiger partial charge in [0.25, 0.3) is 0 Å². The average molecular weight is 468 g/mol. The molecule has 0 amide bonds. The molecule has 0 aliphatic carbocycles. The molecule has 0 saturated carbocycles. The summed E-state index contributed by atoms with van der Waals surface area (Å²) < 4.78 is 5.38. The lowest BCUT2D eigenvalue weighted by atomic mass is 9.98. The van der Waals surface area contributed by atoms with Crippen LogP contribution in [0.3, 0.4) is 0 Å². The lowest BCUT2D eigenvalue weighted by Gasteiger charge is -2.21. The fourth-order valence-corrected chi connectivity index (χ4v) is 4.36. The lowest BCUT2D eigenvalue weighted by Crippen LogP contribution is -2.33. The minimum Gasteiger partial charge on any atom is -0.462 e. The molecule has 6 nitrogen and oxygen atoms in total. The van der Waals surface area contributed by atoms with Gasteiger partial charge in [0.15, 0.2) is 5.78 Å². The standard InChI is InChI=1S/C29H29N3O3/c1-21(31-20-22-9-4-2-5-10-22)28(33)25-17-24-13-15-32(27(24)26(18-25)19-30)14-8-16-35-29(34)23-11-6-3-7-12-23/h2-7,9-12,17-18,21,31H,8,13-16,20H2,1H3/t21-/m1/s1. The molecule has 4 rings (SSSR count). The van der Waals surface area contributed by atoms with E-state index in [4.69, 9.17) is 4.74 Å². The number of rotatable bonds is 10. The van der Waals surface area contributed by atoms with Gasteiger partial charge >= 0.3 is 5.97 Å². The molecule has 1 aliphatic heterocycles. The SMILES string of the molecule is C[C@@H](NCc1ccccc1)C(=O)c1cc(C#N)c2c(c1)CCN2CCCOC(=O)c1ccccc1. The van der Waals surface area contributed by atoms with Crippen molar-refractivity contribution in [1.29, 1.82) is 5.26 Å². The van der Waals surface area contributed by atoms with Crippen molar-refractivity contribution in [3.63, 3.8) is 0 Å². The molecule has 0 spiro atoms. The predicted octanol–water partition coefficient (Wildman–Crippen LogP) is 4.53. The number of carbonyl (C=O) groups is 2. The van der Waals surface area contributed by atoms with Gasteiger partial charge < -0.3 is 15.0 Å². The number of nitrogens with zero attached hydrogens (tertiary/aromatic N) is 2. The molecule has 0 bridgehead atoms. The molecular weight excluding hydrogens is 438 g/mol. The van der Waals surface area contributed by atoms with Crippen LogP contribution in [-0.4, -0.2) is 37.5 Å². The second kappa shape index (κ2) is 11.5. The summed E-state index contributed by atoms with van der Waals surface area (Å²) in [5, 5.41) is 13.1. The molecule has 35 heavy (non-hydrogen) atoms. The number of anilines is 1. The van der Waals surface area contributed by atoms with E-state index in [9.17, 15) is 14.9 Å². The number of Topliss-reactive ketones (excluding diaryl/α,β-unsaturated/α-hetero) is 1. The molecule has 1 N–H and O–H groups in total. The molecule has 6 heteroatoms. The Balaban J connectivity index is 1.35. The number of ether oxygens (including phenoxy) is 1. The van der Waals surface area contributed by atoms with Gasteiger partial charge in [-0.3, -0.25) is 4.79 Å². The second-order valence-corrected chi connectivity index (χ2v) is 8.69. The zero-order valence-corrected chi connectivity index (χ0v) is 19.9. The third-order valence-corrected chi connectivity index (χ3v) is 6.22. The third kappa shape index (κ3) is 5.95. The normalized spacial score (nSPS) is 13.1. The van der Waals surface area contributed by atoms with Crippen molar-refractivity contribution in [3.05, 3.63) is 101 Å². The number of benzene rings is 3. The summed E-state index contributed by atoms with van der Waals surface area (Å²) in [6.07, 6.45) is 1.44.